The lowest BCUT2D eigenvalue weighted by atomic mass is 10.2. The molecule has 2 rings (SSSR count). The van der Waals surface area contributed by atoms with Crippen LogP contribution in [0.25, 0.3) is 5.69 Å². The van der Waals surface area contributed by atoms with E-state index in [1.165, 1.54) is 17.3 Å². The third kappa shape index (κ3) is 4.74. The van der Waals surface area contributed by atoms with Crippen molar-refractivity contribution < 1.29 is 18.0 Å². The fraction of sp³-hybridized carbons (Fsp3) is 0.182. The van der Waals surface area contributed by atoms with Crippen molar-refractivity contribution in [1.29, 1.82) is 0 Å². The van der Waals surface area contributed by atoms with E-state index in [0.29, 0.717) is 15.8 Å². The Kier molecular flexibility index (Phi) is 4.88. The molecule has 0 spiro atoms. The van der Waals surface area contributed by atoms with Crippen molar-refractivity contribution in [1.82, 2.24) is 14.8 Å². The zero-order valence-electron chi connectivity index (χ0n) is 10.3. The summed E-state index contributed by atoms with van der Waals surface area (Å²) in [6.07, 6.45) is 2.73. The lowest BCUT2D eigenvalue weighted by molar-refractivity contribution is -0.114. The van der Waals surface area contributed by atoms with Crippen molar-refractivity contribution in [3.05, 3.63) is 35.3 Å². The Hall–Kier alpha value is -1.55. The van der Waals surface area contributed by atoms with Gasteiger partial charge in [-0.25, -0.2) is 9.67 Å². The van der Waals surface area contributed by atoms with Gasteiger partial charge in [0.05, 0.1) is 17.1 Å². The predicted molar refractivity (Wildman–Crippen MR) is 76.2 cm³/mol. The highest BCUT2D eigenvalue weighted by Crippen LogP contribution is 2.30. The molecule has 10 heteroatoms. The van der Waals surface area contributed by atoms with E-state index in [2.05, 4.69) is 31.3 Å². The second-order valence-corrected chi connectivity index (χ2v) is 5.74. The number of carbonyl (C=O) groups excluding carboxylic acids is 1. The molecule has 112 valence electrons. The van der Waals surface area contributed by atoms with E-state index in [0.717, 1.165) is 0 Å². The van der Waals surface area contributed by atoms with E-state index < -0.39 is 28.9 Å². The number of anilines is 1. The number of alkyl halides is 3. The van der Waals surface area contributed by atoms with Crippen LogP contribution in [0.3, 0.4) is 0 Å². The Morgan fingerprint density at radius 1 is 1.43 bits per heavy atom. The number of benzene rings is 1. The van der Waals surface area contributed by atoms with Crippen molar-refractivity contribution in [3.63, 3.8) is 0 Å². The molecule has 0 bridgehead atoms. The molecular weight excluding hydrogens is 373 g/mol. The average Bonchev–Trinajstić information content (AvgIpc) is 2.89. The summed E-state index contributed by atoms with van der Waals surface area (Å²) in [7, 11) is 0. The van der Waals surface area contributed by atoms with Crippen LogP contribution in [0, 0.1) is 0 Å². The number of thioether (sulfide) groups is 1. The molecule has 1 amide bonds. The molecular formula is C11H8BrF3N4OS. The first-order chi connectivity index (χ1) is 9.85. The summed E-state index contributed by atoms with van der Waals surface area (Å²) in [5.41, 5.74) is -3.60. The summed E-state index contributed by atoms with van der Waals surface area (Å²) in [6, 6.07) is 4.95. The molecule has 0 unspecified atom stereocenters. The topological polar surface area (TPSA) is 59.8 Å². The highest BCUT2D eigenvalue weighted by molar-refractivity contribution is 9.10. The second kappa shape index (κ2) is 6.48. The van der Waals surface area contributed by atoms with Crippen LogP contribution in [-0.4, -0.2) is 31.9 Å². The van der Waals surface area contributed by atoms with Crippen molar-refractivity contribution >= 4 is 39.3 Å². The number of hydrogen-bond acceptors (Lipinski definition) is 4. The maximum atomic E-state index is 12.1. The quantitative estimate of drug-likeness (QED) is 0.884. The normalized spacial score (nSPS) is 11.4. The van der Waals surface area contributed by atoms with Gasteiger partial charge in [-0.2, -0.15) is 18.3 Å². The molecule has 1 aromatic heterocycles. The van der Waals surface area contributed by atoms with E-state index in [1.54, 1.807) is 18.2 Å². The number of aromatic nitrogens is 3. The smallest absolute Gasteiger partial charge is 0.323 e. The summed E-state index contributed by atoms with van der Waals surface area (Å²) in [4.78, 5) is 15.4. The minimum atomic E-state index is -4.44. The number of halogens is 4. The van der Waals surface area contributed by atoms with Crippen LogP contribution >= 0.6 is 27.7 Å². The first kappa shape index (κ1) is 15.8. The van der Waals surface area contributed by atoms with Gasteiger partial charge in [-0.15, -0.1) is 0 Å². The van der Waals surface area contributed by atoms with Gasteiger partial charge in [0.15, 0.2) is 0 Å². The van der Waals surface area contributed by atoms with Crippen LogP contribution in [0.5, 0.6) is 0 Å². The third-order valence-electron chi connectivity index (χ3n) is 2.27. The van der Waals surface area contributed by atoms with E-state index in [1.807, 2.05) is 0 Å². The first-order valence-corrected chi connectivity index (χ1v) is 7.28. The molecule has 5 nitrogen and oxygen atoms in total. The molecule has 0 fully saturated rings. The van der Waals surface area contributed by atoms with Gasteiger partial charge >= 0.3 is 5.51 Å². The molecule has 2 aromatic rings. The molecule has 1 N–H and O–H groups in total. The minimum absolute atomic E-state index is 0.336. The van der Waals surface area contributed by atoms with E-state index in [-0.39, 0.29) is 0 Å². The van der Waals surface area contributed by atoms with Crippen LogP contribution in [0.4, 0.5) is 18.9 Å². The number of rotatable bonds is 4. The molecule has 0 radical (unpaired) electrons. The van der Waals surface area contributed by atoms with Crippen LogP contribution < -0.4 is 5.32 Å². The number of nitrogens with one attached hydrogen (secondary N) is 1. The summed E-state index contributed by atoms with van der Waals surface area (Å²) >= 11 is 2.85. The van der Waals surface area contributed by atoms with E-state index in [4.69, 9.17) is 0 Å². The monoisotopic (exact) mass is 380 g/mol. The minimum Gasteiger partial charge on any atom is -0.323 e. The van der Waals surface area contributed by atoms with Crippen LogP contribution in [0.15, 0.2) is 35.3 Å². The molecule has 1 heterocycles. The standard InChI is InChI=1S/C11H8BrF3N4OS/c12-7-1-2-9(19-6-16-5-17-19)8(3-7)18-10(20)4-21-11(13,14)15/h1-3,5-6H,4H2,(H,18,20). The summed E-state index contributed by atoms with van der Waals surface area (Å²) in [6.45, 7) is 0. The fourth-order valence-corrected chi connectivity index (χ4v) is 2.20. The van der Waals surface area contributed by atoms with Gasteiger partial charge in [-0.3, -0.25) is 4.79 Å². The van der Waals surface area contributed by atoms with Gasteiger partial charge in [0, 0.05) is 4.47 Å². The fourth-order valence-electron chi connectivity index (χ4n) is 1.47. The first-order valence-electron chi connectivity index (χ1n) is 5.50. The zero-order valence-corrected chi connectivity index (χ0v) is 12.7. The highest BCUT2D eigenvalue weighted by Gasteiger charge is 2.29. The molecule has 21 heavy (non-hydrogen) atoms. The van der Waals surface area contributed by atoms with Gasteiger partial charge < -0.3 is 5.32 Å². The summed E-state index contributed by atoms with van der Waals surface area (Å²) < 4.78 is 38.3. The van der Waals surface area contributed by atoms with E-state index >= 15 is 0 Å². The largest absolute Gasteiger partial charge is 0.442 e. The zero-order chi connectivity index (χ0) is 15.5. The van der Waals surface area contributed by atoms with Crippen molar-refractivity contribution in [2.45, 2.75) is 5.51 Å². The maximum absolute atomic E-state index is 12.1. The Morgan fingerprint density at radius 3 is 2.81 bits per heavy atom. The Morgan fingerprint density at radius 2 is 2.19 bits per heavy atom. The molecule has 0 aliphatic heterocycles. The Labute approximate surface area is 130 Å². The number of hydrogen-bond donors (Lipinski definition) is 1. The molecule has 1 aromatic carbocycles. The van der Waals surface area contributed by atoms with Gasteiger partial charge in [0.1, 0.15) is 12.7 Å². The lowest BCUT2D eigenvalue weighted by Crippen LogP contribution is -2.18. The van der Waals surface area contributed by atoms with E-state index in [9.17, 15) is 18.0 Å². The third-order valence-corrected chi connectivity index (χ3v) is 3.49. The SMILES string of the molecule is O=C(CSC(F)(F)F)Nc1cc(Br)ccc1-n1cncn1. The lowest BCUT2D eigenvalue weighted by Gasteiger charge is -2.12. The van der Waals surface area contributed by atoms with Crippen molar-refractivity contribution in [2.24, 2.45) is 0 Å². The van der Waals surface area contributed by atoms with Crippen molar-refractivity contribution in [3.8, 4) is 5.69 Å². The Balaban J connectivity index is 2.16. The maximum Gasteiger partial charge on any atom is 0.442 e. The van der Waals surface area contributed by atoms with Gasteiger partial charge in [-0.1, -0.05) is 15.9 Å². The molecule has 0 saturated carbocycles. The number of carbonyl (C=O) groups is 1. The number of amides is 1. The predicted octanol–water partition coefficient (Wildman–Crippen LogP) is 3.22. The summed E-state index contributed by atoms with van der Waals surface area (Å²) in [5.74, 6) is -1.47. The second-order valence-electron chi connectivity index (χ2n) is 3.78. The molecule has 0 aliphatic rings. The van der Waals surface area contributed by atoms with Crippen molar-refractivity contribution in [2.75, 3.05) is 11.1 Å². The molecule has 0 aliphatic carbocycles. The van der Waals surface area contributed by atoms with Crippen LogP contribution in [0.1, 0.15) is 0 Å². The van der Waals surface area contributed by atoms with Gasteiger partial charge in [0.2, 0.25) is 5.91 Å². The highest BCUT2D eigenvalue weighted by atomic mass is 79.9. The summed E-state index contributed by atoms with van der Waals surface area (Å²) in [5, 5.41) is 6.36. The van der Waals surface area contributed by atoms with Gasteiger partial charge in [-0.05, 0) is 30.0 Å². The molecule has 0 atom stereocenters. The van der Waals surface area contributed by atoms with Crippen LogP contribution in [-0.2, 0) is 4.79 Å². The molecule has 0 saturated heterocycles. The van der Waals surface area contributed by atoms with Gasteiger partial charge in [0.25, 0.3) is 0 Å². The average molecular weight is 381 g/mol. The number of nitrogens with zero attached hydrogens (tertiary/aromatic N) is 3. The van der Waals surface area contributed by atoms with Crippen LogP contribution in [0.2, 0.25) is 0 Å². The Bertz CT molecular complexity index is 633.